The number of hydrogen-bond donors (Lipinski definition) is 13. The number of phenolic OH excluding ortho intramolecular Hbond substituents is 1. The molecule has 8 amide bonds. The lowest BCUT2D eigenvalue weighted by Crippen LogP contribution is -2.61. The van der Waals surface area contributed by atoms with Crippen LogP contribution in [0.25, 0.3) is 21.7 Å². The zero-order valence-electron chi connectivity index (χ0n) is 44.4. The van der Waals surface area contributed by atoms with E-state index in [4.69, 9.17) is 17.2 Å². The molecule has 9 atom stereocenters. The Bertz CT molecular complexity index is 3070. The van der Waals surface area contributed by atoms with E-state index < -0.39 is 102 Å². The lowest BCUT2D eigenvalue weighted by atomic mass is 9.98. The van der Waals surface area contributed by atoms with Crippen molar-refractivity contribution < 1.29 is 48.6 Å². The lowest BCUT2D eigenvalue weighted by molar-refractivity contribution is -0.136. The normalized spacial score (nSPS) is 14.7. The highest BCUT2D eigenvalue weighted by Gasteiger charge is 2.35. The Hall–Kier alpha value is -8.66. The van der Waals surface area contributed by atoms with Crippen LogP contribution in [0.3, 0.4) is 0 Å². The van der Waals surface area contributed by atoms with Gasteiger partial charge in [0.05, 0.1) is 12.1 Å². The summed E-state index contributed by atoms with van der Waals surface area (Å²) < 4.78 is 0. The largest absolute Gasteiger partial charge is 0.508 e. The number of fused-ring (bicyclic) bond motifs is 2. The molecule has 1 aromatic heterocycles. The molecule has 0 aliphatic heterocycles. The first-order valence-corrected chi connectivity index (χ1v) is 26.2. The molecule has 0 saturated carbocycles. The van der Waals surface area contributed by atoms with Crippen LogP contribution < -0.4 is 54.4 Å². The number of para-hydroxylation sites is 1. The first kappa shape index (κ1) is 59.6. The average Bonchev–Trinajstić information content (AvgIpc) is 3.84. The summed E-state index contributed by atoms with van der Waals surface area (Å²) in [5.74, 6) is -6.46. The van der Waals surface area contributed by atoms with Crippen LogP contribution in [0.2, 0.25) is 0 Å². The van der Waals surface area contributed by atoms with Crippen LogP contribution in [0, 0.1) is 0 Å². The number of rotatable bonds is 28. The predicted molar refractivity (Wildman–Crippen MR) is 298 cm³/mol. The minimum Gasteiger partial charge on any atom is -0.508 e. The van der Waals surface area contributed by atoms with Crippen molar-refractivity contribution in [1.29, 1.82) is 0 Å². The number of primary amides is 1. The number of carbonyl (C=O) groups excluding carboxylic acids is 8. The molecule has 1 unspecified atom stereocenters. The summed E-state index contributed by atoms with van der Waals surface area (Å²) >= 11 is 0. The summed E-state index contributed by atoms with van der Waals surface area (Å²) in [5, 5.41) is 41.8. The highest BCUT2D eigenvalue weighted by Crippen LogP contribution is 2.22. The van der Waals surface area contributed by atoms with Gasteiger partial charge in [0.2, 0.25) is 47.3 Å². The van der Waals surface area contributed by atoms with Gasteiger partial charge in [-0.1, -0.05) is 103 Å². The van der Waals surface area contributed by atoms with Crippen molar-refractivity contribution in [1.82, 2.24) is 42.2 Å². The molecule has 5 aromatic carbocycles. The van der Waals surface area contributed by atoms with Gasteiger partial charge in [0, 0.05) is 36.4 Å². The van der Waals surface area contributed by atoms with Gasteiger partial charge >= 0.3 is 0 Å². The van der Waals surface area contributed by atoms with Gasteiger partial charge in [0.25, 0.3) is 0 Å². The number of nitrogens with one attached hydrogen (secondary N) is 8. The molecule has 21 heteroatoms. The standard InChI is InChI=1S/C58H71N11O10/c1-33(63-54(75)44(60)28-36-14-5-4-6-15-36)53(74)67-48(29-37-23-25-41(71)26-24-37)56(77)68-49(31-40-32-62-45-21-10-9-20-43(40)45)57(78)65-46(22-11-12-27-59)55(76)69-50(35(3)70)58(79)64-34(2)52(73)66-47(51(61)72)30-39-18-13-17-38-16-7-8-19-42(38)39/h4-10,13-21,23-26,32-35,44,46-50,62,70-71H,11-12,22,27-31,59-60H2,1-3H3,(H2,61,72)(H,63,75)(H,64,79)(H,65,78)(H,66,73)(H,67,74)(H,68,77)(H,69,76)/t33-,34-,35?,44+,46-,47-,48-,49+,50-/m0/s1. The van der Waals surface area contributed by atoms with E-state index in [2.05, 4.69) is 42.2 Å². The molecule has 0 radical (unpaired) electrons. The van der Waals surface area contributed by atoms with E-state index in [1.54, 1.807) is 24.4 Å². The van der Waals surface area contributed by atoms with Crippen LogP contribution in [0.15, 0.2) is 128 Å². The maximum absolute atomic E-state index is 14.7. The highest BCUT2D eigenvalue weighted by molar-refractivity contribution is 5.98. The number of amides is 8. The van der Waals surface area contributed by atoms with Crippen molar-refractivity contribution in [2.24, 2.45) is 17.2 Å². The minimum absolute atomic E-state index is 0.00115. The highest BCUT2D eigenvalue weighted by atomic mass is 16.3. The van der Waals surface area contributed by atoms with Gasteiger partial charge in [-0.25, -0.2) is 0 Å². The lowest BCUT2D eigenvalue weighted by Gasteiger charge is -2.28. The monoisotopic (exact) mass is 1080 g/mol. The Morgan fingerprint density at radius 2 is 1.04 bits per heavy atom. The number of nitrogens with two attached hydrogens (primary N) is 3. The molecule has 6 aromatic rings. The van der Waals surface area contributed by atoms with Crippen LogP contribution in [0.1, 0.15) is 62.3 Å². The second-order valence-electron chi connectivity index (χ2n) is 19.7. The number of aromatic hydroxyl groups is 1. The van der Waals surface area contributed by atoms with E-state index >= 15 is 0 Å². The molecule has 0 fully saturated rings. The Labute approximate surface area is 457 Å². The van der Waals surface area contributed by atoms with E-state index in [1.807, 2.05) is 91.0 Å². The Morgan fingerprint density at radius 3 is 1.70 bits per heavy atom. The molecule has 0 bridgehead atoms. The van der Waals surface area contributed by atoms with Gasteiger partial charge in [0.1, 0.15) is 48.0 Å². The summed E-state index contributed by atoms with van der Waals surface area (Å²) in [7, 11) is 0. The zero-order chi connectivity index (χ0) is 57.2. The van der Waals surface area contributed by atoms with E-state index in [-0.39, 0.29) is 44.4 Å². The maximum Gasteiger partial charge on any atom is 0.245 e. The van der Waals surface area contributed by atoms with Crippen molar-refractivity contribution in [3.8, 4) is 5.75 Å². The van der Waals surface area contributed by atoms with Gasteiger partial charge < -0.3 is 69.6 Å². The van der Waals surface area contributed by atoms with Gasteiger partial charge in [-0.3, -0.25) is 38.4 Å². The molecule has 0 aliphatic carbocycles. The van der Waals surface area contributed by atoms with Crippen LogP contribution in [-0.2, 0) is 64.0 Å². The summed E-state index contributed by atoms with van der Waals surface area (Å²) in [5.41, 5.74) is 21.2. The predicted octanol–water partition coefficient (Wildman–Crippen LogP) is 1.05. The summed E-state index contributed by atoms with van der Waals surface area (Å²) in [6.07, 6.45) is 0.918. The van der Waals surface area contributed by atoms with Crippen LogP contribution in [0.4, 0.5) is 0 Å². The molecule has 418 valence electrons. The van der Waals surface area contributed by atoms with Crippen molar-refractivity contribution >= 4 is 68.9 Å². The molecular weight excluding hydrogens is 1010 g/mol. The van der Waals surface area contributed by atoms with Gasteiger partial charge in [-0.15, -0.1) is 0 Å². The van der Waals surface area contributed by atoms with Crippen LogP contribution >= 0.6 is 0 Å². The van der Waals surface area contributed by atoms with E-state index in [1.165, 1.54) is 32.9 Å². The van der Waals surface area contributed by atoms with Gasteiger partial charge in [0.15, 0.2) is 0 Å². The number of H-pyrrole nitrogens is 1. The minimum atomic E-state index is -1.66. The number of benzene rings is 5. The number of aliphatic hydroxyl groups excluding tert-OH is 1. The fourth-order valence-corrected chi connectivity index (χ4v) is 8.99. The maximum atomic E-state index is 14.7. The second kappa shape index (κ2) is 28.6. The number of carbonyl (C=O) groups is 8. The molecule has 6 rings (SSSR count). The number of aliphatic hydroxyl groups is 1. The van der Waals surface area contributed by atoms with E-state index in [0.717, 1.165) is 32.8 Å². The first-order valence-electron chi connectivity index (χ1n) is 26.2. The number of phenols is 1. The molecule has 0 aliphatic rings. The molecule has 0 saturated heterocycles. The molecule has 16 N–H and O–H groups in total. The first-order chi connectivity index (χ1) is 37.8. The summed E-state index contributed by atoms with van der Waals surface area (Å²) in [4.78, 5) is 114. The van der Waals surface area contributed by atoms with Gasteiger partial charge in [-0.05, 0) is 104 Å². The third kappa shape index (κ3) is 17.2. The topological polar surface area (TPSA) is 355 Å². The Morgan fingerprint density at radius 1 is 0.506 bits per heavy atom. The Kier molecular flexibility index (Phi) is 21.6. The fraction of sp³-hybridized carbons (Fsp3) is 0.345. The smallest absolute Gasteiger partial charge is 0.245 e. The summed E-state index contributed by atoms with van der Waals surface area (Å²) in [6, 6.07) is 24.9. The van der Waals surface area contributed by atoms with Crippen molar-refractivity contribution in [2.75, 3.05) is 6.54 Å². The quantitative estimate of drug-likeness (QED) is 0.0307. The number of aromatic amines is 1. The molecule has 79 heavy (non-hydrogen) atoms. The number of unbranched alkanes of at least 4 members (excludes halogenated alkanes) is 1. The molecule has 21 nitrogen and oxygen atoms in total. The Balaban J connectivity index is 1.19. The van der Waals surface area contributed by atoms with Crippen molar-refractivity contribution in [3.05, 3.63) is 150 Å². The summed E-state index contributed by atoms with van der Waals surface area (Å²) in [6.45, 7) is 4.28. The third-order valence-electron chi connectivity index (χ3n) is 13.5. The van der Waals surface area contributed by atoms with Gasteiger partial charge in [-0.2, -0.15) is 0 Å². The third-order valence-corrected chi connectivity index (χ3v) is 13.5. The fourth-order valence-electron chi connectivity index (χ4n) is 8.99. The SMILES string of the molecule is CC(O)[C@H](NC(=O)[C@H](CCCCN)NC(=O)[C@@H](Cc1c[nH]c2ccccc12)NC(=O)[C@H](Cc1ccc(O)cc1)NC(=O)[C@H](C)NC(=O)[C@H](N)Cc1ccccc1)C(=O)N[C@@H](C)C(=O)N[C@@H](Cc1cccc2ccccc12)C(N)=O. The van der Waals surface area contributed by atoms with Crippen molar-refractivity contribution in [2.45, 2.75) is 120 Å². The number of hydrogen-bond acceptors (Lipinski definition) is 12. The molecule has 0 spiro atoms. The molecular formula is C58H71N11O10. The van der Waals surface area contributed by atoms with Crippen molar-refractivity contribution in [3.63, 3.8) is 0 Å². The van der Waals surface area contributed by atoms with E-state index in [9.17, 15) is 48.6 Å². The number of aromatic nitrogens is 1. The molecule has 1 heterocycles. The average molecular weight is 1080 g/mol. The zero-order valence-corrected chi connectivity index (χ0v) is 44.4. The van der Waals surface area contributed by atoms with Crippen LogP contribution in [0.5, 0.6) is 5.75 Å². The van der Waals surface area contributed by atoms with E-state index in [0.29, 0.717) is 24.0 Å². The second-order valence-corrected chi connectivity index (χ2v) is 19.7. The van der Waals surface area contributed by atoms with Crippen LogP contribution in [-0.4, -0.2) is 123 Å².